The molecule has 1 aromatic heterocycles. The Morgan fingerprint density at radius 3 is 2.61 bits per heavy atom. The number of amides is 1. The molecule has 0 unspecified atom stereocenters. The van der Waals surface area contributed by atoms with Crippen molar-refractivity contribution in [1.29, 1.82) is 0 Å². The van der Waals surface area contributed by atoms with Gasteiger partial charge in [-0.1, -0.05) is 12.1 Å². The van der Waals surface area contributed by atoms with Crippen molar-refractivity contribution >= 4 is 29.0 Å². The van der Waals surface area contributed by atoms with Crippen LogP contribution in [0.5, 0.6) is 0 Å². The molecule has 0 bridgehead atoms. The lowest BCUT2D eigenvalue weighted by Crippen LogP contribution is -2.31. The van der Waals surface area contributed by atoms with Gasteiger partial charge in [-0.25, -0.2) is 0 Å². The molecule has 0 atom stereocenters. The standard InChI is InChI=1S/C17H18N2O3S/c1-12(2)18(3)17(20)11-9-13-8-10-16(23-13)14-6-4-5-7-15(14)19(21)22/h4-12H,1-3H3/b11-9+. The molecule has 0 spiro atoms. The Balaban J connectivity index is 2.22. The molecule has 1 aromatic carbocycles. The number of rotatable bonds is 5. The molecule has 23 heavy (non-hydrogen) atoms. The monoisotopic (exact) mass is 330 g/mol. The first kappa shape index (κ1) is 16.9. The van der Waals surface area contributed by atoms with Gasteiger partial charge in [0.25, 0.3) is 5.69 Å². The van der Waals surface area contributed by atoms with Crippen molar-refractivity contribution < 1.29 is 9.72 Å². The lowest BCUT2D eigenvalue weighted by atomic mass is 10.1. The van der Waals surface area contributed by atoms with Crippen LogP contribution in [-0.2, 0) is 4.79 Å². The maximum absolute atomic E-state index is 11.9. The number of benzene rings is 1. The molecule has 0 saturated carbocycles. The number of carbonyl (C=O) groups is 1. The molecule has 120 valence electrons. The fraction of sp³-hybridized carbons (Fsp3) is 0.235. The molecule has 2 rings (SSSR count). The Bertz CT molecular complexity index is 750. The van der Waals surface area contributed by atoms with Crippen molar-refractivity contribution in [3.8, 4) is 10.4 Å². The number of nitro benzene ring substituents is 1. The van der Waals surface area contributed by atoms with Gasteiger partial charge in [0.2, 0.25) is 5.91 Å². The largest absolute Gasteiger partial charge is 0.340 e. The minimum Gasteiger partial charge on any atom is -0.340 e. The van der Waals surface area contributed by atoms with Gasteiger partial charge >= 0.3 is 0 Å². The number of thiophene rings is 1. The quantitative estimate of drug-likeness (QED) is 0.469. The van der Waals surface area contributed by atoms with Crippen LogP contribution in [0.4, 0.5) is 5.69 Å². The fourth-order valence-electron chi connectivity index (χ4n) is 1.95. The Morgan fingerprint density at radius 2 is 1.96 bits per heavy atom. The van der Waals surface area contributed by atoms with Gasteiger partial charge in [0.05, 0.1) is 10.5 Å². The molecule has 0 aliphatic heterocycles. The number of hydrogen-bond donors (Lipinski definition) is 0. The predicted octanol–water partition coefficient (Wildman–Crippen LogP) is 4.20. The average molecular weight is 330 g/mol. The molecular weight excluding hydrogens is 312 g/mol. The molecule has 0 fully saturated rings. The van der Waals surface area contributed by atoms with Crippen LogP contribution in [0.15, 0.2) is 42.5 Å². The van der Waals surface area contributed by atoms with E-state index in [-0.39, 0.29) is 22.6 Å². The van der Waals surface area contributed by atoms with Crippen LogP contribution in [0.1, 0.15) is 18.7 Å². The smallest absolute Gasteiger partial charge is 0.278 e. The van der Waals surface area contributed by atoms with Gasteiger partial charge in [-0.2, -0.15) is 0 Å². The molecule has 0 aliphatic rings. The second-order valence-electron chi connectivity index (χ2n) is 5.35. The van der Waals surface area contributed by atoms with Crippen LogP contribution < -0.4 is 0 Å². The summed E-state index contributed by atoms with van der Waals surface area (Å²) in [6.45, 7) is 3.90. The van der Waals surface area contributed by atoms with Gasteiger partial charge in [0.1, 0.15) is 0 Å². The molecule has 0 saturated heterocycles. The van der Waals surface area contributed by atoms with Crippen LogP contribution >= 0.6 is 11.3 Å². The second kappa shape index (κ2) is 7.19. The van der Waals surface area contributed by atoms with E-state index in [1.165, 1.54) is 23.5 Å². The number of carbonyl (C=O) groups excluding carboxylic acids is 1. The zero-order valence-corrected chi connectivity index (χ0v) is 14.0. The number of hydrogen-bond acceptors (Lipinski definition) is 4. The summed E-state index contributed by atoms with van der Waals surface area (Å²) in [6, 6.07) is 10.5. The van der Waals surface area contributed by atoms with Crippen LogP contribution in [0.3, 0.4) is 0 Å². The predicted molar refractivity (Wildman–Crippen MR) is 93.3 cm³/mol. The first-order chi connectivity index (χ1) is 10.9. The topological polar surface area (TPSA) is 63.5 Å². The van der Waals surface area contributed by atoms with Gasteiger partial charge in [-0.15, -0.1) is 11.3 Å². The van der Waals surface area contributed by atoms with E-state index in [4.69, 9.17) is 0 Å². The number of para-hydroxylation sites is 1. The molecule has 0 N–H and O–H groups in total. The molecule has 0 radical (unpaired) electrons. The first-order valence-electron chi connectivity index (χ1n) is 7.18. The zero-order valence-electron chi connectivity index (χ0n) is 13.2. The maximum atomic E-state index is 11.9. The van der Waals surface area contributed by atoms with E-state index < -0.39 is 0 Å². The summed E-state index contributed by atoms with van der Waals surface area (Å²) in [5.41, 5.74) is 0.674. The van der Waals surface area contributed by atoms with E-state index in [2.05, 4.69) is 0 Å². The SMILES string of the molecule is CC(C)N(C)C(=O)/C=C/c1ccc(-c2ccccc2[N+](=O)[O-])s1. The minimum absolute atomic E-state index is 0.0689. The Labute approximate surface area is 139 Å². The zero-order chi connectivity index (χ0) is 17.0. The highest BCUT2D eigenvalue weighted by Gasteiger charge is 2.15. The third-order valence-corrected chi connectivity index (χ3v) is 4.59. The van der Waals surface area contributed by atoms with Crippen molar-refractivity contribution in [2.24, 2.45) is 0 Å². The normalized spacial score (nSPS) is 11.1. The summed E-state index contributed by atoms with van der Waals surface area (Å²) in [4.78, 5) is 26.0. The molecule has 5 nitrogen and oxygen atoms in total. The van der Waals surface area contributed by atoms with E-state index in [0.29, 0.717) is 5.56 Å². The minimum atomic E-state index is -0.383. The molecule has 1 amide bonds. The summed E-state index contributed by atoms with van der Waals surface area (Å²) in [5, 5.41) is 11.1. The van der Waals surface area contributed by atoms with Gasteiger partial charge < -0.3 is 4.90 Å². The van der Waals surface area contributed by atoms with E-state index in [9.17, 15) is 14.9 Å². The highest BCUT2D eigenvalue weighted by Crippen LogP contribution is 2.34. The molecule has 2 aromatic rings. The van der Waals surface area contributed by atoms with Crippen molar-refractivity contribution in [2.45, 2.75) is 19.9 Å². The van der Waals surface area contributed by atoms with Gasteiger partial charge in [-0.05, 0) is 38.1 Å². The highest BCUT2D eigenvalue weighted by molar-refractivity contribution is 7.16. The lowest BCUT2D eigenvalue weighted by molar-refractivity contribution is -0.384. The van der Waals surface area contributed by atoms with Crippen molar-refractivity contribution in [3.63, 3.8) is 0 Å². The maximum Gasteiger partial charge on any atom is 0.278 e. The van der Waals surface area contributed by atoms with Crippen LogP contribution in [0.2, 0.25) is 0 Å². The summed E-state index contributed by atoms with van der Waals surface area (Å²) in [5.74, 6) is -0.0689. The van der Waals surface area contributed by atoms with Crippen LogP contribution in [0.25, 0.3) is 16.5 Å². The van der Waals surface area contributed by atoms with Crippen LogP contribution in [-0.4, -0.2) is 28.8 Å². The van der Waals surface area contributed by atoms with E-state index in [1.807, 2.05) is 26.0 Å². The lowest BCUT2D eigenvalue weighted by Gasteiger charge is -2.19. The first-order valence-corrected chi connectivity index (χ1v) is 8.00. The van der Waals surface area contributed by atoms with Gasteiger partial charge in [-0.3, -0.25) is 14.9 Å². The second-order valence-corrected chi connectivity index (χ2v) is 6.47. The van der Waals surface area contributed by atoms with Crippen molar-refractivity contribution in [2.75, 3.05) is 7.05 Å². The van der Waals surface area contributed by atoms with E-state index in [0.717, 1.165) is 9.75 Å². The number of likely N-dealkylation sites (N-methyl/N-ethyl adjacent to an activating group) is 1. The third-order valence-electron chi connectivity index (χ3n) is 3.51. The van der Waals surface area contributed by atoms with Crippen molar-refractivity contribution in [1.82, 2.24) is 4.90 Å². The van der Waals surface area contributed by atoms with Crippen molar-refractivity contribution in [3.05, 3.63) is 57.5 Å². The fourth-order valence-corrected chi connectivity index (χ4v) is 2.90. The Hall–Kier alpha value is -2.47. The number of nitro groups is 1. The Kier molecular flexibility index (Phi) is 5.28. The summed E-state index contributed by atoms with van der Waals surface area (Å²) in [7, 11) is 1.75. The van der Waals surface area contributed by atoms with E-state index in [1.54, 1.807) is 36.2 Å². The third kappa shape index (κ3) is 4.04. The molecular formula is C17H18N2O3S. The molecule has 1 heterocycles. The average Bonchev–Trinajstić information content (AvgIpc) is 3.00. The summed E-state index contributed by atoms with van der Waals surface area (Å²) < 4.78 is 0. The van der Waals surface area contributed by atoms with E-state index >= 15 is 0 Å². The number of nitrogens with zero attached hydrogens (tertiary/aromatic N) is 2. The van der Waals surface area contributed by atoms with Gasteiger partial charge in [0, 0.05) is 35.0 Å². The summed E-state index contributed by atoms with van der Waals surface area (Å²) >= 11 is 1.42. The Morgan fingerprint density at radius 1 is 1.26 bits per heavy atom. The van der Waals surface area contributed by atoms with Gasteiger partial charge in [0.15, 0.2) is 0 Å². The highest BCUT2D eigenvalue weighted by atomic mass is 32.1. The molecule has 0 aliphatic carbocycles. The molecule has 6 heteroatoms. The van der Waals surface area contributed by atoms with Crippen LogP contribution in [0, 0.1) is 10.1 Å². The summed E-state index contributed by atoms with van der Waals surface area (Å²) in [6.07, 6.45) is 3.26.